The minimum Gasteiger partial charge on any atom is -0.440 e. The fraction of sp³-hybridized carbons (Fsp3) is 0.444. The Morgan fingerprint density at radius 1 is 1.14 bits per heavy atom. The Morgan fingerprint density at radius 3 is 3.00 bits per heavy atom. The molecule has 2 aliphatic rings. The number of piperidine rings is 1. The van der Waals surface area contributed by atoms with E-state index >= 15 is 0 Å². The molecular weight excluding hydrogens is 260 g/mol. The lowest BCUT2D eigenvalue weighted by atomic mass is 9.95. The van der Waals surface area contributed by atoms with Gasteiger partial charge in [0.1, 0.15) is 5.58 Å². The first-order chi connectivity index (χ1) is 10.3. The fourth-order valence-corrected chi connectivity index (χ4v) is 3.90. The molecule has 3 heteroatoms. The molecular formula is C18H22N2O. The van der Waals surface area contributed by atoms with Crippen LogP contribution >= 0.6 is 0 Å². The number of furan rings is 1. The van der Waals surface area contributed by atoms with Crippen LogP contribution in [0.15, 0.2) is 34.8 Å². The van der Waals surface area contributed by atoms with Crippen molar-refractivity contribution in [1.29, 1.82) is 0 Å². The van der Waals surface area contributed by atoms with E-state index in [1.54, 1.807) is 0 Å². The van der Waals surface area contributed by atoms with Crippen LogP contribution in [0.3, 0.4) is 0 Å². The van der Waals surface area contributed by atoms with Crippen molar-refractivity contribution in [2.45, 2.75) is 38.1 Å². The minimum absolute atomic E-state index is 0.572. The molecule has 1 unspecified atom stereocenters. The van der Waals surface area contributed by atoms with Gasteiger partial charge in [-0.05, 0) is 43.9 Å². The van der Waals surface area contributed by atoms with Gasteiger partial charge in [-0.25, -0.2) is 0 Å². The number of hydrogen-bond donors (Lipinski definition) is 1. The summed E-state index contributed by atoms with van der Waals surface area (Å²) in [6.45, 7) is 2.30. The summed E-state index contributed by atoms with van der Waals surface area (Å²) in [4.78, 5) is 2.63. The Bertz CT molecular complexity index is 686. The van der Waals surface area contributed by atoms with E-state index in [2.05, 4.69) is 23.1 Å². The van der Waals surface area contributed by atoms with Gasteiger partial charge in [-0.1, -0.05) is 30.7 Å². The Morgan fingerprint density at radius 2 is 2.05 bits per heavy atom. The predicted molar refractivity (Wildman–Crippen MR) is 87.0 cm³/mol. The van der Waals surface area contributed by atoms with Crippen molar-refractivity contribution in [3.8, 4) is 0 Å². The van der Waals surface area contributed by atoms with Gasteiger partial charge in [0.25, 0.3) is 0 Å². The number of anilines is 1. The van der Waals surface area contributed by atoms with E-state index in [1.165, 1.54) is 37.8 Å². The molecule has 110 valence electrons. The van der Waals surface area contributed by atoms with E-state index in [1.807, 2.05) is 12.1 Å². The van der Waals surface area contributed by atoms with E-state index in [0.29, 0.717) is 5.88 Å². The maximum atomic E-state index is 6.16. The van der Waals surface area contributed by atoms with Crippen LogP contribution in [0, 0.1) is 0 Å². The van der Waals surface area contributed by atoms with Crippen LogP contribution < -0.4 is 5.73 Å². The van der Waals surface area contributed by atoms with E-state index in [9.17, 15) is 0 Å². The Balaban J connectivity index is 1.71. The second kappa shape index (κ2) is 5.23. The normalized spacial score (nSPS) is 23.6. The largest absolute Gasteiger partial charge is 0.440 e. The predicted octanol–water partition coefficient (Wildman–Crippen LogP) is 4.05. The van der Waals surface area contributed by atoms with Crippen molar-refractivity contribution in [1.82, 2.24) is 4.90 Å². The van der Waals surface area contributed by atoms with Gasteiger partial charge in [0.2, 0.25) is 0 Å². The van der Waals surface area contributed by atoms with Crippen molar-refractivity contribution >= 4 is 22.4 Å². The van der Waals surface area contributed by atoms with Gasteiger partial charge < -0.3 is 10.2 Å². The van der Waals surface area contributed by atoms with Gasteiger partial charge in [-0.15, -0.1) is 0 Å². The van der Waals surface area contributed by atoms with Crippen LogP contribution in [0.5, 0.6) is 0 Å². The number of para-hydroxylation sites is 1. The quantitative estimate of drug-likeness (QED) is 0.858. The van der Waals surface area contributed by atoms with Crippen LogP contribution in [-0.4, -0.2) is 24.0 Å². The number of hydrogen-bond acceptors (Lipinski definition) is 3. The summed E-state index contributed by atoms with van der Waals surface area (Å²) in [7, 11) is 0. The van der Waals surface area contributed by atoms with Crippen LogP contribution in [0.25, 0.3) is 16.5 Å². The van der Waals surface area contributed by atoms with Gasteiger partial charge >= 0.3 is 0 Å². The van der Waals surface area contributed by atoms with E-state index < -0.39 is 0 Å². The average molecular weight is 282 g/mol. The molecule has 0 amide bonds. The molecule has 1 atom stereocenters. The topological polar surface area (TPSA) is 42.4 Å². The van der Waals surface area contributed by atoms with Crippen molar-refractivity contribution in [3.63, 3.8) is 0 Å². The molecule has 1 aromatic heterocycles. The summed E-state index contributed by atoms with van der Waals surface area (Å²) in [5.74, 6) is 0.572. The zero-order chi connectivity index (χ0) is 14.2. The van der Waals surface area contributed by atoms with E-state index in [-0.39, 0.29) is 0 Å². The lowest BCUT2D eigenvalue weighted by Crippen LogP contribution is -2.38. The van der Waals surface area contributed by atoms with Gasteiger partial charge in [-0.2, -0.15) is 0 Å². The zero-order valence-electron chi connectivity index (χ0n) is 12.3. The summed E-state index contributed by atoms with van der Waals surface area (Å²) >= 11 is 0. The molecule has 3 nitrogen and oxygen atoms in total. The molecule has 0 bridgehead atoms. The molecule has 21 heavy (non-hydrogen) atoms. The molecule has 0 saturated carbocycles. The van der Waals surface area contributed by atoms with Crippen molar-refractivity contribution in [2.75, 3.05) is 18.8 Å². The summed E-state index contributed by atoms with van der Waals surface area (Å²) < 4.78 is 5.74. The van der Waals surface area contributed by atoms with Gasteiger partial charge in [-0.3, -0.25) is 4.90 Å². The molecule has 2 aliphatic heterocycles. The lowest BCUT2D eigenvalue weighted by Gasteiger charge is -2.33. The smallest absolute Gasteiger partial charge is 0.199 e. The maximum absolute atomic E-state index is 6.16. The second-order valence-corrected chi connectivity index (χ2v) is 6.25. The third-order valence-corrected chi connectivity index (χ3v) is 5.01. The van der Waals surface area contributed by atoms with Gasteiger partial charge in [0.15, 0.2) is 5.88 Å². The molecule has 0 spiro atoms. The lowest BCUT2D eigenvalue weighted by molar-refractivity contribution is 0.161. The number of allylic oxidation sites excluding steroid dienone is 1. The Hall–Kier alpha value is -1.74. The second-order valence-electron chi connectivity index (χ2n) is 6.25. The molecule has 3 heterocycles. The third-order valence-electron chi connectivity index (χ3n) is 5.01. The number of fused-ring (bicyclic) bond motifs is 2. The van der Waals surface area contributed by atoms with Crippen LogP contribution in [0.2, 0.25) is 0 Å². The Labute approximate surface area is 125 Å². The number of nitrogens with zero attached hydrogens (tertiary/aromatic N) is 1. The molecule has 4 rings (SSSR count). The molecule has 1 aromatic carbocycles. The highest BCUT2D eigenvalue weighted by atomic mass is 16.3. The van der Waals surface area contributed by atoms with Gasteiger partial charge in [0, 0.05) is 23.5 Å². The van der Waals surface area contributed by atoms with Crippen molar-refractivity contribution in [2.24, 2.45) is 0 Å². The first-order valence-electron chi connectivity index (χ1n) is 8.03. The molecule has 1 saturated heterocycles. The molecule has 1 fully saturated rings. The summed E-state index contributed by atoms with van der Waals surface area (Å²) in [6, 6.07) is 8.92. The SMILES string of the molecule is Nc1oc2ccccc2c1C1=CCN2CCCCC2CC1. The molecule has 2 N–H and O–H groups in total. The highest BCUT2D eigenvalue weighted by molar-refractivity contribution is 5.96. The first-order valence-corrected chi connectivity index (χ1v) is 8.03. The highest BCUT2D eigenvalue weighted by Gasteiger charge is 2.25. The van der Waals surface area contributed by atoms with Crippen molar-refractivity contribution in [3.05, 3.63) is 35.9 Å². The number of rotatable bonds is 1. The summed E-state index contributed by atoms with van der Waals surface area (Å²) in [5.41, 5.74) is 9.55. The summed E-state index contributed by atoms with van der Waals surface area (Å²) in [5, 5.41) is 1.15. The van der Waals surface area contributed by atoms with Crippen LogP contribution in [0.1, 0.15) is 37.7 Å². The first kappa shape index (κ1) is 13.0. The minimum atomic E-state index is 0.572. The third kappa shape index (κ3) is 2.26. The fourth-order valence-electron chi connectivity index (χ4n) is 3.90. The molecule has 0 aliphatic carbocycles. The standard InChI is InChI=1S/C18H22N2O/c19-18-17(15-6-1-2-7-16(15)21-18)13-8-9-14-5-3-4-11-20(14)12-10-13/h1-2,6-7,10,14H,3-5,8-9,11-12,19H2. The number of nitrogen functional groups attached to an aromatic ring is 1. The van der Waals surface area contributed by atoms with Crippen molar-refractivity contribution < 1.29 is 4.42 Å². The number of nitrogens with two attached hydrogens (primary N) is 1. The van der Waals surface area contributed by atoms with E-state index in [4.69, 9.17) is 10.2 Å². The molecule has 0 radical (unpaired) electrons. The highest BCUT2D eigenvalue weighted by Crippen LogP contribution is 2.37. The average Bonchev–Trinajstić information content (AvgIpc) is 2.70. The van der Waals surface area contributed by atoms with Crippen LogP contribution in [0.4, 0.5) is 5.88 Å². The van der Waals surface area contributed by atoms with Gasteiger partial charge in [0.05, 0.1) is 0 Å². The summed E-state index contributed by atoms with van der Waals surface area (Å²) in [6.07, 6.45) is 8.80. The molecule has 2 aromatic rings. The monoisotopic (exact) mass is 282 g/mol. The zero-order valence-corrected chi connectivity index (χ0v) is 12.3. The maximum Gasteiger partial charge on any atom is 0.199 e. The van der Waals surface area contributed by atoms with Crippen LogP contribution in [-0.2, 0) is 0 Å². The number of benzene rings is 1. The Kier molecular flexibility index (Phi) is 3.23. The van der Waals surface area contributed by atoms with E-state index in [0.717, 1.165) is 35.5 Å².